The Bertz CT molecular complexity index is 994. The second kappa shape index (κ2) is 7.63. The van der Waals surface area contributed by atoms with Crippen molar-refractivity contribution in [1.82, 2.24) is 4.98 Å². The van der Waals surface area contributed by atoms with Crippen molar-refractivity contribution in [2.75, 3.05) is 5.75 Å². The summed E-state index contributed by atoms with van der Waals surface area (Å²) in [6, 6.07) is 12.2. The van der Waals surface area contributed by atoms with E-state index in [-0.39, 0.29) is 26.7 Å². The zero-order valence-electron chi connectivity index (χ0n) is 14.4. The summed E-state index contributed by atoms with van der Waals surface area (Å²) in [5.74, 6) is 0.483. The maximum absolute atomic E-state index is 13.1. The molecule has 0 unspecified atom stereocenters. The number of rotatable bonds is 6. The smallest absolute Gasteiger partial charge is 0.228 e. The molecule has 0 fully saturated rings. The summed E-state index contributed by atoms with van der Waals surface area (Å²) in [4.78, 5) is 4.40. The number of sulfone groups is 1. The number of hydrogen-bond acceptors (Lipinski definition) is 5. The highest BCUT2D eigenvalue weighted by Crippen LogP contribution is 2.35. The van der Waals surface area contributed by atoms with Gasteiger partial charge in [0, 0.05) is 11.3 Å². The van der Waals surface area contributed by atoms with E-state index in [1.807, 2.05) is 13.8 Å². The molecular formula is C19H18FNO3S2. The van der Waals surface area contributed by atoms with Gasteiger partial charge >= 0.3 is 0 Å². The second-order valence-electron chi connectivity index (χ2n) is 5.78. The van der Waals surface area contributed by atoms with Gasteiger partial charge in [-0.05, 0) is 49.7 Å². The number of nitrogens with zero attached hydrogens (tertiary/aromatic N) is 1. The van der Waals surface area contributed by atoms with Crippen LogP contribution in [0.4, 0.5) is 4.39 Å². The van der Waals surface area contributed by atoms with Gasteiger partial charge in [0.05, 0.1) is 4.90 Å². The maximum atomic E-state index is 13.1. The Hall–Kier alpha value is -2.12. The molecule has 136 valence electrons. The fraction of sp³-hybridized carbons (Fsp3) is 0.211. The van der Waals surface area contributed by atoms with E-state index in [1.165, 1.54) is 36.0 Å². The van der Waals surface area contributed by atoms with E-state index in [1.54, 1.807) is 24.3 Å². The van der Waals surface area contributed by atoms with Crippen molar-refractivity contribution in [3.63, 3.8) is 0 Å². The second-order valence-corrected chi connectivity index (χ2v) is 8.72. The number of benzene rings is 2. The molecule has 1 heterocycles. The molecule has 2 aromatic carbocycles. The first kappa shape index (κ1) is 18.7. The van der Waals surface area contributed by atoms with Gasteiger partial charge in [-0.1, -0.05) is 36.4 Å². The first-order valence-electron chi connectivity index (χ1n) is 8.13. The summed E-state index contributed by atoms with van der Waals surface area (Å²) in [5.41, 5.74) is 1.49. The van der Waals surface area contributed by atoms with Crippen molar-refractivity contribution in [2.24, 2.45) is 0 Å². The van der Waals surface area contributed by atoms with Crippen LogP contribution in [0.3, 0.4) is 0 Å². The third-order valence-corrected chi connectivity index (χ3v) is 6.64. The quantitative estimate of drug-likeness (QED) is 0.546. The number of thioether (sulfide) groups is 1. The van der Waals surface area contributed by atoms with E-state index in [0.29, 0.717) is 11.3 Å². The molecule has 0 N–H and O–H groups in total. The predicted molar refractivity (Wildman–Crippen MR) is 99.5 cm³/mol. The maximum Gasteiger partial charge on any atom is 0.228 e. The molecule has 0 aliphatic heterocycles. The SMILES string of the molecule is CCCSc1oc(-c2ccc(F)cc2)nc1S(=O)(=O)c1ccc(C)cc1. The summed E-state index contributed by atoms with van der Waals surface area (Å²) >= 11 is 1.31. The van der Waals surface area contributed by atoms with E-state index in [2.05, 4.69) is 4.98 Å². The summed E-state index contributed by atoms with van der Waals surface area (Å²) < 4.78 is 44.9. The van der Waals surface area contributed by atoms with Crippen LogP contribution in [0.2, 0.25) is 0 Å². The highest BCUT2D eigenvalue weighted by molar-refractivity contribution is 8.00. The molecule has 0 bridgehead atoms. The minimum absolute atomic E-state index is 0.0980. The monoisotopic (exact) mass is 391 g/mol. The zero-order valence-corrected chi connectivity index (χ0v) is 16.0. The van der Waals surface area contributed by atoms with Crippen LogP contribution in [0.5, 0.6) is 0 Å². The molecule has 26 heavy (non-hydrogen) atoms. The number of aryl methyl sites for hydroxylation is 1. The Balaban J connectivity index is 2.09. The molecule has 0 aliphatic rings. The van der Waals surface area contributed by atoms with Gasteiger partial charge in [0.1, 0.15) is 5.82 Å². The van der Waals surface area contributed by atoms with E-state index < -0.39 is 9.84 Å². The lowest BCUT2D eigenvalue weighted by Crippen LogP contribution is -2.04. The van der Waals surface area contributed by atoms with Crippen LogP contribution >= 0.6 is 11.8 Å². The van der Waals surface area contributed by atoms with Crippen LogP contribution in [0, 0.1) is 12.7 Å². The van der Waals surface area contributed by atoms with Gasteiger partial charge in [-0.3, -0.25) is 0 Å². The van der Waals surface area contributed by atoms with Crippen molar-refractivity contribution < 1.29 is 17.2 Å². The van der Waals surface area contributed by atoms with E-state index >= 15 is 0 Å². The fourth-order valence-corrected chi connectivity index (χ4v) is 4.68. The molecule has 3 aromatic rings. The molecule has 3 rings (SSSR count). The fourth-order valence-electron chi connectivity index (χ4n) is 2.29. The molecule has 0 aliphatic carbocycles. The van der Waals surface area contributed by atoms with Crippen molar-refractivity contribution in [3.05, 3.63) is 59.9 Å². The largest absolute Gasteiger partial charge is 0.428 e. The molecule has 0 saturated heterocycles. The van der Waals surface area contributed by atoms with Gasteiger partial charge < -0.3 is 4.42 Å². The van der Waals surface area contributed by atoms with Gasteiger partial charge in [0.2, 0.25) is 25.8 Å². The lowest BCUT2D eigenvalue weighted by atomic mass is 10.2. The average Bonchev–Trinajstić information content (AvgIpc) is 3.06. The first-order chi connectivity index (χ1) is 12.4. The van der Waals surface area contributed by atoms with Crippen LogP contribution in [0.15, 0.2) is 68.0 Å². The zero-order chi connectivity index (χ0) is 18.7. The highest BCUT2D eigenvalue weighted by atomic mass is 32.2. The minimum Gasteiger partial charge on any atom is -0.428 e. The summed E-state index contributed by atoms with van der Waals surface area (Å²) in [7, 11) is -3.81. The standard InChI is InChI=1S/C19H18FNO3S2/c1-3-12-25-19-18(26(22,23)16-10-4-13(2)5-11-16)21-17(24-19)14-6-8-15(20)9-7-14/h4-11H,3,12H2,1-2H3. The van der Waals surface area contributed by atoms with Gasteiger partial charge in [-0.15, -0.1) is 0 Å². The molecule has 4 nitrogen and oxygen atoms in total. The van der Waals surface area contributed by atoms with Crippen molar-refractivity contribution in [3.8, 4) is 11.5 Å². The Labute approximate surface area is 156 Å². The first-order valence-corrected chi connectivity index (χ1v) is 10.6. The van der Waals surface area contributed by atoms with Crippen molar-refractivity contribution in [2.45, 2.75) is 35.3 Å². The molecule has 0 saturated carbocycles. The third kappa shape index (κ3) is 3.83. The van der Waals surface area contributed by atoms with Crippen LogP contribution in [0.25, 0.3) is 11.5 Å². The number of oxazole rings is 1. The average molecular weight is 391 g/mol. The predicted octanol–water partition coefficient (Wildman–Crippen LogP) is 5.12. The lowest BCUT2D eigenvalue weighted by molar-refractivity contribution is 0.470. The molecular weight excluding hydrogens is 373 g/mol. The number of halogens is 1. The molecule has 7 heteroatoms. The Kier molecular flexibility index (Phi) is 5.48. The minimum atomic E-state index is -3.81. The van der Waals surface area contributed by atoms with Crippen LogP contribution < -0.4 is 0 Å². The summed E-state index contributed by atoms with van der Waals surface area (Å²) in [6.07, 6.45) is 0.862. The van der Waals surface area contributed by atoms with Crippen molar-refractivity contribution in [1.29, 1.82) is 0 Å². The summed E-state index contributed by atoms with van der Waals surface area (Å²) in [6.45, 7) is 3.89. The van der Waals surface area contributed by atoms with Gasteiger partial charge in [-0.2, -0.15) is 4.98 Å². The molecule has 0 spiro atoms. The Morgan fingerprint density at radius 3 is 2.35 bits per heavy atom. The van der Waals surface area contributed by atoms with Crippen LogP contribution in [0.1, 0.15) is 18.9 Å². The van der Waals surface area contributed by atoms with E-state index in [0.717, 1.165) is 12.0 Å². The lowest BCUT2D eigenvalue weighted by Gasteiger charge is -2.03. The third-order valence-electron chi connectivity index (χ3n) is 3.68. The topological polar surface area (TPSA) is 60.2 Å². The molecule has 0 atom stereocenters. The number of aromatic nitrogens is 1. The molecule has 1 aromatic heterocycles. The molecule has 0 radical (unpaired) electrons. The van der Waals surface area contributed by atoms with Gasteiger partial charge in [-0.25, -0.2) is 12.8 Å². The van der Waals surface area contributed by atoms with Crippen LogP contribution in [-0.2, 0) is 9.84 Å². The normalized spacial score (nSPS) is 11.7. The van der Waals surface area contributed by atoms with Gasteiger partial charge in [0.25, 0.3) is 0 Å². The Morgan fingerprint density at radius 2 is 1.73 bits per heavy atom. The number of hydrogen-bond donors (Lipinski definition) is 0. The van der Waals surface area contributed by atoms with Crippen LogP contribution in [-0.4, -0.2) is 19.2 Å². The molecule has 0 amide bonds. The summed E-state index contributed by atoms with van der Waals surface area (Å²) in [5, 5.41) is 0.158. The van der Waals surface area contributed by atoms with Crippen molar-refractivity contribution >= 4 is 21.6 Å². The van der Waals surface area contributed by atoms with E-state index in [4.69, 9.17) is 4.42 Å². The van der Waals surface area contributed by atoms with Gasteiger partial charge in [0.15, 0.2) is 0 Å². The Morgan fingerprint density at radius 1 is 1.08 bits per heavy atom. The highest BCUT2D eigenvalue weighted by Gasteiger charge is 2.28. The van der Waals surface area contributed by atoms with E-state index in [9.17, 15) is 12.8 Å².